The van der Waals surface area contributed by atoms with Gasteiger partial charge in [0.15, 0.2) is 5.84 Å². The van der Waals surface area contributed by atoms with E-state index in [2.05, 4.69) is 5.16 Å². The minimum atomic E-state index is -0.896. The van der Waals surface area contributed by atoms with Crippen molar-refractivity contribution < 1.29 is 15.1 Å². The smallest absolute Gasteiger partial charge is 0.236 e. The number of hydrogen-bond donors (Lipinski definition) is 3. The summed E-state index contributed by atoms with van der Waals surface area (Å²) >= 11 is 0. The molecule has 0 heterocycles. The third-order valence-electron chi connectivity index (χ3n) is 3.94. The van der Waals surface area contributed by atoms with Crippen molar-refractivity contribution in [1.29, 1.82) is 0 Å². The van der Waals surface area contributed by atoms with Crippen LogP contribution in [0.2, 0.25) is 0 Å². The number of amides is 1. The van der Waals surface area contributed by atoms with Crippen molar-refractivity contribution in [2.45, 2.75) is 52.0 Å². The van der Waals surface area contributed by atoms with Crippen LogP contribution in [-0.2, 0) is 4.79 Å². The molecule has 0 aromatic carbocycles. The van der Waals surface area contributed by atoms with Gasteiger partial charge < -0.3 is 20.9 Å². The number of oxime groups is 1. The first-order valence-corrected chi connectivity index (χ1v) is 6.89. The second-order valence-electron chi connectivity index (χ2n) is 5.44. The molecule has 6 nitrogen and oxygen atoms in total. The van der Waals surface area contributed by atoms with Gasteiger partial charge in [0, 0.05) is 12.6 Å². The van der Waals surface area contributed by atoms with E-state index in [0.717, 1.165) is 19.3 Å². The van der Waals surface area contributed by atoms with Gasteiger partial charge in [0.05, 0.1) is 6.61 Å². The molecule has 0 bridgehead atoms. The lowest BCUT2D eigenvalue weighted by Gasteiger charge is -2.40. The van der Waals surface area contributed by atoms with Crippen LogP contribution in [0.25, 0.3) is 0 Å². The highest BCUT2D eigenvalue weighted by Crippen LogP contribution is 2.38. The first-order chi connectivity index (χ1) is 8.99. The summed E-state index contributed by atoms with van der Waals surface area (Å²) in [5.41, 5.74) is 4.91. The summed E-state index contributed by atoms with van der Waals surface area (Å²) in [6, 6.07) is -0.0232. The summed E-state index contributed by atoms with van der Waals surface area (Å²) in [6.45, 7) is 3.99. The van der Waals surface area contributed by atoms with Gasteiger partial charge in [-0.05, 0) is 26.7 Å². The number of nitrogens with two attached hydrogens (primary N) is 1. The number of carbonyl (C=O) groups is 1. The Morgan fingerprint density at radius 3 is 2.37 bits per heavy atom. The predicted molar refractivity (Wildman–Crippen MR) is 72.9 cm³/mol. The van der Waals surface area contributed by atoms with Gasteiger partial charge in [0.2, 0.25) is 5.91 Å². The van der Waals surface area contributed by atoms with Crippen molar-refractivity contribution in [3.63, 3.8) is 0 Å². The molecular weight excluding hydrogens is 246 g/mol. The molecule has 110 valence electrons. The lowest BCUT2D eigenvalue weighted by molar-refractivity contribution is -0.142. The van der Waals surface area contributed by atoms with Crippen molar-refractivity contribution in [3.05, 3.63) is 0 Å². The van der Waals surface area contributed by atoms with Gasteiger partial charge >= 0.3 is 0 Å². The van der Waals surface area contributed by atoms with Crippen LogP contribution in [0, 0.1) is 5.41 Å². The lowest BCUT2D eigenvalue weighted by atomic mass is 9.72. The first kappa shape index (κ1) is 15.8. The Labute approximate surface area is 114 Å². The Balaban J connectivity index is 3.06. The predicted octanol–water partition coefficient (Wildman–Crippen LogP) is 0.913. The zero-order valence-electron chi connectivity index (χ0n) is 11.8. The Hall–Kier alpha value is -1.30. The molecule has 4 N–H and O–H groups in total. The Morgan fingerprint density at radius 2 is 1.95 bits per heavy atom. The monoisotopic (exact) mass is 271 g/mol. The Bertz CT molecular complexity index is 336. The van der Waals surface area contributed by atoms with Gasteiger partial charge in [-0.25, -0.2) is 0 Å². The normalized spacial score (nSPS) is 19.5. The zero-order chi connectivity index (χ0) is 14.5. The lowest BCUT2D eigenvalue weighted by Crippen LogP contribution is -2.54. The van der Waals surface area contributed by atoms with E-state index in [1.54, 1.807) is 4.90 Å². The van der Waals surface area contributed by atoms with Gasteiger partial charge in [-0.2, -0.15) is 0 Å². The first-order valence-electron chi connectivity index (χ1n) is 6.89. The fourth-order valence-corrected chi connectivity index (χ4v) is 2.81. The van der Waals surface area contributed by atoms with E-state index >= 15 is 0 Å². The van der Waals surface area contributed by atoms with E-state index in [4.69, 9.17) is 16.0 Å². The SMILES string of the molecule is CC(C)N(CCO)C(=O)C1(C(N)=NO)CCCCC1. The summed E-state index contributed by atoms with van der Waals surface area (Å²) in [5, 5.41) is 21.2. The maximum atomic E-state index is 12.8. The Morgan fingerprint density at radius 1 is 1.37 bits per heavy atom. The second kappa shape index (κ2) is 6.75. The molecule has 1 aliphatic carbocycles. The maximum Gasteiger partial charge on any atom is 0.236 e. The second-order valence-corrected chi connectivity index (χ2v) is 5.44. The fraction of sp³-hybridized carbons (Fsp3) is 0.846. The van der Waals surface area contributed by atoms with Gasteiger partial charge in [0.25, 0.3) is 0 Å². The molecule has 0 atom stereocenters. The quantitative estimate of drug-likeness (QED) is 0.299. The van der Waals surface area contributed by atoms with Crippen LogP contribution in [0.1, 0.15) is 46.0 Å². The minimum Gasteiger partial charge on any atom is -0.409 e. The highest BCUT2D eigenvalue weighted by Gasteiger charge is 2.46. The van der Waals surface area contributed by atoms with E-state index in [0.29, 0.717) is 12.8 Å². The molecule has 0 radical (unpaired) electrons. The third-order valence-corrected chi connectivity index (χ3v) is 3.94. The minimum absolute atomic E-state index is 0.000731. The summed E-state index contributed by atoms with van der Waals surface area (Å²) in [4.78, 5) is 14.4. The average Bonchev–Trinajstić information content (AvgIpc) is 2.43. The molecule has 6 heteroatoms. The van der Waals surface area contributed by atoms with Crippen LogP contribution in [-0.4, -0.2) is 46.1 Å². The van der Waals surface area contributed by atoms with Gasteiger partial charge in [0.1, 0.15) is 5.41 Å². The van der Waals surface area contributed by atoms with Crippen LogP contribution in [0.15, 0.2) is 5.16 Å². The highest BCUT2D eigenvalue weighted by atomic mass is 16.4. The molecule has 1 fully saturated rings. The number of carbonyl (C=O) groups excluding carboxylic acids is 1. The highest BCUT2D eigenvalue weighted by molar-refractivity contribution is 6.06. The topological polar surface area (TPSA) is 99.2 Å². The number of nitrogens with zero attached hydrogens (tertiary/aromatic N) is 2. The van der Waals surface area contributed by atoms with Crippen LogP contribution < -0.4 is 5.73 Å². The zero-order valence-corrected chi connectivity index (χ0v) is 11.8. The van der Waals surface area contributed by atoms with Gasteiger partial charge in [-0.1, -0.05) is 24.4 Å². The summed E-state index contributed by atoms with van der Waals surface area (Å²) in [7, 11) is 0. The molecule has 0 saturated heterocycles. The molecule has 1 saturated carbocycles. The fourth-order valence-electron chi connectivity index (χ4n) is 2.81. The summed E-state index contributed by atoms with van der Waals surface area (Å²) in [5.74, 6) is -0.132. The average molecular weight is 271 g/mol. The van der Waals surface area contributed by atoms with Crippen LogP contribution >= 0.6 is 0 Å². The summed E-state index contributed by atoms with van der Waals surface area (Å²) in [6.07, 6.45) is 4.07. The van der Waals surface area contributed by atoms with E-state index in [1.807, 2.05) is 13.8 Å². The number of aliphatic hydroxyl groups excluding tert-OH is 1. The van der Waals surface area contributed by atoms with Crippen molar-refractivity contribution in [2.24, 2.45) is 16.3 Å². The molecule has 1 rings (SSSR count). The molecule has 19 heavy (non-hydrogen) atoms. The van der Waals surface area contributed by atoms with Gasteiger partial charge in [-0.3, -0.25) is 4.79 Å². The van der Waals surface area contributed by atoms with Crippen molar-refractivity contribution >= 4 is 11.7 Å². The molecular formula is C13H25N3O3. The van der Waals surface area contributed by atoms with Crippen molar-refractivity contribution in [3.8, 4) is 0 Å². The van der Waals surface area contributed by atoms with E-state index in [-0.39, 0.29) is 30.9 Å². The van der Waals surface area contributed by atoms with Crippen LogP contribution in [0.3, 0.4) is 0 Å². The van der Waals surface area contributed by atoms with Crippen molar-refractivity contribution in [1.82, 2.24) is 4.90 Å². The largest absolute Gasteiger partial charge is 0.409 e. The molecule has 0 aromatic rings. The molecule has 1 aliphatic rings. The number of amidine groups is 1. The molecule has 0 aliphatic heterocycles. The van der Waals surface area contributed by atoms with Gasteiger partial charge in [-0.15, -0.1) is 0 Å². The van der Waals surface area contributed by atoms with E-state index in [9.17, 15) is 4.79 Å². The maximum absolute atomic E-state index is 12.8. The number of rotatable bonds is 5. The molecule has 0 aromatic heterocycles. The molecule has 0 spiro atoms. The number of aliphatic hydroxyl groups is 1. The molecule has 0 unspecified atom stereocenters. The van der Waals surface area contributed by atoms with E-state index < -0.39 is 5.41 Å². The van der Waals surface area contributed by atoms with E-state index in [1.165, 1.54) is 0 Å². The van der Waals surface area contributed by atoms with Crippen molar-refractivity contribution in [2.75, 3.05) is 13.2 Å². The van der Waals surface area contributed by atoms with Crippen LogP contribution in [0.4, 0.5) is 0 Å². The van der Waals surface area contributed by atoms with Crippen LogP contribution in [0.5, 0.6) is 0 Å². The third kappa shape index (κ3) is 3.18. The Kier molecular flexibility index (Phi) is 5.60. The standard InChI is InChI=1S/C13H25N3O3/c1-10(2)16(8-9-17)12(18)13(11(14)15-19)6-4-3-5-7-13/h10,17,19H,3-9H2,1-2H3,(H2,14,15). The molecule has 1 amide bonds. The summed E-state index contributed by atoms with van der Waals surface area (Å²) < 4.78 is 0. The number of hydrogen-bond acceptors (Lipinski definition) is 4.